The third-order valence-electron chi connectivity index (χ3n) is 8.95. The van der Waals surface area contributed by atoms with Crippen molar-refractivity contribution >= 4 is 41.3 Å². The molecule has 0 bridgehead atoms. The molecule has 11 nitrogen and oxygen atoms in total. The first-order chi connectivity index (χ1) is 24.0. The summed E-state index contributed by atoms with van der Waals surface area (Å²) in [6, 6.07) is 13.9. The van der Waals surface area contributed by atoms with E-state index in [2.05, 4.69) is 35.1 Å². The Bertz CT molecular complexity index is 1480. The minimum atomic E-state index is -1.70. The topological polar surface area (TPSA) is 157 Å². The molecule has 0 aliphatic carbocycles. The molecule has 1 saturated heterocycles. The zero-order valence-electron chi connectivity index (χ0n) is 31.3. The zero-order chi connectivity index (χ0) is 37.9. The second-order valence-electron chi connectivity index (χ2n) is 15.3. The van der Waals surface area contributed by atoms with Crippen molar-refractivity contribution in [3.8, 4) is 0 Å². The van der Waals surface area contributed by atoms with Gasteiger partial charge in [-0.05, 0) is 55.6 Å². The average molecular weight is 724 g/mol. The molecular formula is C39H57N5O6S. The van der Waals surface area contributed by atoms with E-state index in [9.17, 15) is 29.1 Å². The van der Waals surface area contributed by atoms with Crippen LogP contribution in [0, 0.1) is 11.3 Å². The Kier molecular flexibility index (Phi) is 15.1. The number of aliphatic hydroxyl groups excluding tert-OH is 1. The number of hydrogen-bond donors (Lipinski definition) is 5. The first-order valence-corrected chi connectivity index (χ1v) is 18.8. The van der Waals surface area contributed by atoms with Crippen molar-refractivity contribution in [2.24, 2.45) is 11.3 Å². The van der Waals surface area contributed by atoms with Gasteiger partial charge in [0, 0.05) is 17.7 Å². The zero-order valence-corrected chi connectivity index (χ0v) is 32.1. The van der Waals surface area contributed by atoms with Crippen molar-refractivity contribution in [1.29, 1.82) is 0 Å². The maximum Gasteiger partial charge on any atom is 0.254 e. The summed E-state index contributed by atoms with van der Waals surface area (Å²) in [6.07, 6.45) is 0.0374. The fourth-order valence-electron chi connectivity index (χ4n) is 6.02. The minimum absolute atomic E-state index is 0.111. The van der Waals surface area contributed by atoms with Gasteiger partial charge >= 0.3 is 0 Å². The third kappa shape index (κ3) is 11.8. The Morgan fingerprint density at radius 2 is 1.53 bits per heavy atom. The van der Waals surface area contributed by atoms with E-state index in [4.69, 9.17) is 0 Å². The Morgan fingerprint density at radius 1 is 0.922 bits per heavy atom. The SMILES string of the molecule is CCCC(=O)N[C@H](C(=O)N[C@H](C(=O)N[C@@H](Cc1ccccc1)[C@H](O)C(=O)N1CSC(C)(C)[C@H]1C(=O)NCCC(C)C)C(C)(C)C)c1ccccc1. The lowest BCUT2D eigenvalue weighted by Crippen LogP contribution is -2.62. The summed E-state index contributed by atoms with van der Waals surface area (Å²) in [5, 5.41) is 23.2. The molecule has 0 spiro atoms. The quantitative estimate of drug-likeness (QED) is 0.175. The fourth-order valence-corrected chi connectivity index (χ4v) is 7.16. The van der Waals surface area contributed by atoms with Crippen LogP contribution in [0.5, 0.6) is 0 Å². The molecule has 0 radical (unpaired) electrons. The molecule has 0 saturated carbocycles. The molecule has 1 fully saturated rings. The molecule has 0 unspecified atom stereocenters. The highest BCUT2D eigenvalue weighted by atomic mass is 32.2. The molecule has 5 atom stereocenters. The molecule has 3 rings (SSSR count). The van der Waals surface area contributed by atoms with Crippen LogP contribution in [-0.4, -0.2) is 80.9 Å². The molecule has 280 valence electrons. The van der Waals surface area contributed by atoms with E-state index in [0.717, 1.165) is 12.0 Å². The van der Waals surface area contributed by atoms with Crippen LogP contribution in [0.25, 0.3) is 0 Å². The van der Waals surface area contributed by atoms with Crippen molar-refractivity contribution < 1.29 is 29.1 Å². The van der Waals surface area contributed by atoms with Gasteiger partial charge in [-0.2, -0.15) is 0 Å². The predicted molar refractivity (Wildman–Crippen MR) is 201 cm³/mol. The lowest BCUT2D eigenvalue weighted by molar-refractivity contribution is -0.148. The normalized spacial score (nSPS) is 17.9. The van der Waals surface area contributed by atoms with Crippen molar-refractivity contribution in [2.45, 2.75) is 116 Å². The van der Waals surface area contributed by atoms with Gasteiger partial charge in [-0.1, -0.05) is 102 Å². The monoisotopic (exact) mass is 723 g/mol. The molecule has 1 aliphatic rings. The molecule has 5 N–H and O–H groups in total. The van der Waals surface area contributed by atoms with E-state index in [1.807, 2.05) is 51.1 Å². The highest BCUT2D eigenvalue weighted by Crippen LogP contribution is 2.40. The Morgan fingerprint density at radius 3 is 2.10 bits per heavy atom. The van der Waals surface area contributed by atoms with Gasteiger partial charge in [-0.15, -0.1) is 11.8 Å². The maximum absolute atomic E-state index is 14.2. The van der Waals surface area contributed by atoms with Gasteiger partial charge in [0.2, 0.25) is 23.6 Å². The van der Waals surface area contributed by atoms with Crippen molar-refractivity contribution in [3.05, 3.63) is 71.8 Å². The molecule has 5 amide bonds. The number of thioether (sulfide) groups is 1. The average Bonchev–Trinajstić information content (AvgIpc) is 3.39. The molecule has 2 aromatic rings. The highest BCUT2D eigenvalue weighted by Gasteiger charge is 2.50. The number of carbonyl (C=O) groups excluding carboxylic acids is 5. The number of carbonyl (C=O) groups is 5. The smallest absolute Gasteiger partial charge is 0.254 e. The standard InChI is InChI=1S/C39H57N5O6S/c1-9-16-29(45)42-30(27-19-14-11-15-20-27)34(47)43-32(38(4,5)6)35(48)41-28(23-26-17-12-10-13-18-26)31(46)37(50)44-24-51-39(7,8)33(44)36(49)40-22-21-25(2)3/h10-15,17-20,25,28,30-33,46H,9,16,21-24H2,1-8H3,(H,40,49)(H,41,48)(H,42,45)(H,43,47)/t28-,30-,31-,32+,33+/m0/s1. The summed E-state index contributed by atoms with van der Waals surface area (Å²) >= 11 is 1.45. The molecule has 0 aromatic heterocycles. The van der Waals surface area contributed by atoms with Crippen LogP contribution in [0.3, 0.4) is 0 Å². The Hall–Kier alpha value is -3.90. The van der Waals surface area contributed by atoms with E-state index in [-0.39, 0.29) is 30.5 Å². The number of amides is 5. The first kappa shape index (κ1) is 41.5. The van der Waals surface area contributed by atoms with E-state index in [1.165, 1.54) is 16.7 Å². The Labute approximate surface area is 307 Å². The number of nitrogens with zero attached hydrogens (tertiary/aromatic N) is 1. The number of nitrogens with one attached hydrogen (secondary N) is 4. The van der Waals surface area contributed by atoms with Crippen molar-refractivity contribution in [2.75, 3.05) is 12.4 Å². The molecule has 12 heteroatoms. The van der Waals surface area contributed by atoms with Gasteiger partial charge in [-0.25, -0.2) is 0 Å². The molecular weight excluding hydrogens is 667 g/mol. The van der Waals surface area contributed by atoms with Crippen LogP contribution in [0.15, 0.2) is 60.7 Å². The van der Waals surface area contributed by atoms with Gasteiger partial charge in [0.25, 0.3) is 5.91 Å². The van der Waals surface area contributed by atoms with E-state index >= 15 is 0 Å². The van der Waals surface area contributed by atoms with Gasteiger partial charge in [0.05, 0.1) is 11.9 Å². The van der Waals surface area contributed by atoms with E-state index in [1.54, 1.807) is 51.1 Å². The molecule has 2 aromatic carbocycles. The van der Waals surface area contributed by atoms with Gasteiger partial charge in [0.1, 0.15) is 18.1 Å². The summed E-state index contributed by atoms with van der Waals surface area (Å²) in [5.74, 6) is -1.83. The van der Waals surface area contributed by atoms with Gasteiger partial charge in [-0.3, -0.25) is 24.0 Å². The van der Waals surface area contributed by atoms with E-state index in [0.29, 0.717) is 24.4 Å². The lowest BCUT2D eigenvalue weighted by Gasteiger charge is -2.35. The largest absolute Gasteiger partial charge is 0.381 e. The Balaban J connectivity index is 1.90. The lowest BCUT2D eigenvalue weighted by atomic mass is 9.85. The summed E-state index contributed by atoms with van der Waals surface area (Å²) < 4.78 is -0.612. The summed E-state index contributed by atoms with van der Waals surface area (Å²) in [6.45, 7) is 15.7. The van der Waals surface area contributed by atoms with Crippen molar-refractivity contribution in [3.63, 3.8) is 0 Å². The summed E-state index contributed by atoms with van der Waals surface area (Å²) in [5.41, 5.74) is 0.521. The first-order valence-electron chi connectivity index (χ1n) is 17.9. The number of benzene rings is 2. The second-order valence-corrected chi connectivity index (χ2v) is 16.9. The predicted octanol–water partition coefficient (Wildman–Crippen LogP) is 4.11. The maximum atomic E-state index is 14.2. The van der Waals surface area contributed by atoms with Crippen LogP contribution >= 0.6 is 11.8 Å². The number of rotatable bonds is 16. The van der Waals surface area contributed by atoms with E-state index < -0.39 is 58.2 Å². The van der Waals surface area contributed by atoms with Crippen LogP contribution in [0.4, 0.5) is 0 Å². The van der Waals surface area contributed by atoms with Crippen LogP contribution < -0.4 is 21.3 Å². The fraction of sp³-hybridized carbons (Fsp3) is 0.564. The highest BCUT2D eigenvalue weighted by molar-refractivity contribution is 8.00. The number of hydrogen-bond acceptors (Lipinski definition) is 7. The second kappa shape index (κ2) is 18.5. The van der Waals surface area contributed by atoms with Crippen molar-refractivity contribution in [1.82, 2.24) is 26.2 Å². The van der Waals surface area contributed by atoms with Gasteiger partial charge in [0.15, 0.2) is 6.10 Å². The summed E-state index contributed by atoms with van der Waals surface area (Å²) in [4.78, 5) is 69.6. The van der Waals surface area contributed by atoms with Crippen LogP contribution in [-0.2, 0) is 30.4 Å². The summed E-state index contributed by atoms with van der Waals surface area (Å²) in [7, 11) is 0. The van der Waals surface area contributed by atoms with Gasteiger partial charge < -0.3 is 31.3 Å². The molecule has 1 heterocycles. The third-order valence-corrected chi connectivity index (χ3v) is 10.3. The number of aliphatic hydroxyl groups is 1. The molecule has 1 aliphatic heterocycles. The minimum Gasteiger partial charge on any atom is -0.381 e. The van der Waals surface area contributed by atoms with Crippen LogP contribution in [0.2, 0.25) is 0 Å². The molecule has 51 heavy (non-hydrogen) atoms. The van der Waals surface area contributed by atoms with Crippen LogP contribution in [0.1, 0.15) is 91.8 Å².